The van der Waals surface area contributed by atoms with Crippen LogP contribution in [-0.4, -0.2) is 30.7 Å². The average molecular weight is 259 g/mol. The fourth-order valence-corrected chi connectivity index (χ4v) is 2.07. The lowest BCUT2D eigenvalue weighted by atomic mass is 9.78. The Labute approximate surface area is 109 Å². The first-order valence-electron chi connectivity index (χ1n) is 6.57. The second kappa shape index (κ2) is 8.91. The molecule has 0 aliphatic rings. The topological polar surface area (TPSA) is 89.6 Å². The predicted octanol–water partition coefficient (Wildman–Crippen LogP) is 1.94. The van der Waals surface area contributed by atoms with E-state index in [9.17, 15) is 14.7 Å². The van der Waals surface area contributed by atoms with Gasteiger partial charge in [0.2, 0.25) is 0 Å². The first-order valence-corrected chi connectivity index (χ1v) is 6.57. The number of carboxylic acid groups (broad SMARTS) is 1. The number of ether oxygens (including phenoxy) is 1. The van der Waals surface area contributed by atoms with E-state index in [1.54, 1.807) is 0 Å². The van der Waals surface area contributed by atoms with E-state index >= 15 is 0 Å². The zero-order valence-electron chi connectivity index (χ0n) is 11.4. The fraction of sp³-hybridized carbons (Fsp3) is 0.846. The monoisotopic (exact) mass is 259 g/mol. The third-order valence-corrected chi connectivity index (χ3v) is 3.25. The first kappa shape index (κ1) is 16.9. The van der Waals surface area contributed by atoms with Gasteiger partial charge in [0.05, 0.1) is 7.11 Å². The molecular formula is C13H25NO4. The van der Waals surface area contributed by atoms with Crippen molar-refractivity contribution in [2.24, 2.45) is 11.1 Å². The molecule has 0 aliphatic carbocycles. The van der Waals surface area contributed by atoms with E-state index < -0.39 is 17.4 Å². The fourth-order valence-electron chi connectivity index (χ4n) is 2.07. The lowest BCUT2D eigenvalue weighted by molar-refractivity contribution is -0.168. The van der Waals surface area contributed by atoms with E-state index in [0.717, 1.165) is 25.7 Å². The van der Waals surface area contributed by atoms with Crippen molar-refractivity contribution in [2.75, 3.05) is 13.7 Å². The van der Waals surface area contributed by atoms with Crippen molar-refractivity contribution in [3.63, 3.8) is 0 Å². The molecule has 0 bridgehead atoms. The normalized spacial score (nSPS) is 13.9. The summed E-state index contributed by atoms with van der Waals surface area (Å²) in [4.78, 5) is 23.3. The van der Waals surface area contributed by atoms with Crippen molar-refractivity contribution < 1.29 is 19.4 Å². The Hall–Kier alpha value is -1.10. The van der Waals surface area contributed by atoms with Crippen LogP contribution in [0.2, 0.25) is 0 Å². The van der Waals surface area contributed by atoms with Crippen LogP contribution in [0.1, 0.15) is 51.9 Å². The number of carbonyl (C=O) groups is 2. The van der Waals surface area contributed by atoms with Crippen molar-refractivity contribution >= 4 is 11.9 Å². The molecule has 0 spiro atoms. The molecule has 1 atom stereocenters. The van der Waals surface area contributed by atoms with E-state index in [4.69, 9.17) is 5.73 Å². The molecule has 0 heterocycles. The van der Waals surface area contributed by atoms with Crippen LogP contribution in [0.4, 0.5) is 0 Å². The summed E-state index contributed by atoms with van der Waals surface area (Å²) >= 11 is 0. The highest BCUT2D eigenvalue weighted by Crippen LogP contribution is 2.33. The molecule has 0 saturated carbocycles. The summed E-state index contributed by atoms with van der Waals surface area (Å²) in [7, 11) is 1.24. The average Bonchev–Trinajstić information content (AvgIpc) is 2.36. The number of carboxylic acids is 1. The summed E-state index contributed by atoms with van der Waals surface area (Å²) in [5.41, 5.74) is 4.01. The summed E-state index contributed by atoms with van der Waals surface area (Å²) < 4.78 is 4.69. The third kappa shape index (κ3) is 4.64. The van der Waals surface area contributed by atoms with Gasteiger partial charge in [0, 0.05) is 0 Å². The molecule has 3 N–H and O–H groups in total. The van der Waals surface area contributed by atoms with Crippen LogP contribution in [0.3, 0.4) is 0 Å². The van der Waals surface area contributed by atoms with E-state index in [1.165, 1.54) is 7.11 Å². The number of esters is 1. The minimum Gasteiger partial charge on any atom is -0.480 e. The zero-order chi connectivity index (χ0) is 14.0. The minimum atomic E-state index is -1.39. The van der Waals surface area contributed by atoms with Crippen LogP contribution in [0, 0.1) is 5.41 Å². The van der Waals surface area contributed by atoms with Gasteiger partial charge < -0.3 is 15.6 Å². The molecule has 106 valence electrons. The molecular weight excluding hydrogens is 234 g/mol. The number of carbonyl (C=O) groups excluding carboxylic acids is 1. The second-order valence-electron chi connectivity index (χ2n) is 4.58. The number of hydrogen-bond donors (Lipinski definition) is 2. The Morgan fingerprint density at radius 2 is 1.72 bits per heavy atom. The Balaban J connectivity index is 4.79. The van der Waals surface area contributed by atoms with Crippen LogP contribution in [0.5, 0.6) is 0 Å². The predicted molar refractivity (Wildman–Crippen MR) is 69.1 cm³/mol. The van der Waals surface area contributed by atoms with Gasteiger partial charge in [-0.15, -0.1) is 0 Å². The maximum absolute atomic E-state index is 11.8. The summed E-state index contributed by atoms with van der Waals surface area (Å²) in [5.74, 6) is -1.72. The Bertz CT molecular complexity index is 256. The Morgan fingerprint density at radius 3 is 2.11 bits per heavy atom. The quantitative estimate of drug-likeness (QED) is 0.355. The maximum Gasteiger partial charge on any atom is 0.323 e. The lowest BCUT2D eigenvalue weighted by Gasteiger charge is -2.26. The second-order valence-corrected chi connectivity index (χ2v) is 4.58. The molecule has 5 heteroatoms. The van der Waals surface area contributed by atoms with Gasteiger partial charge in [-0.1, -0.05) is 32.6 Å². The van der Waals surface area contributed by atoms with Gasteiger partial charge in [0.25, 0.3) is 0 Å². The van der Waals surface area contributed by atoms with Gasteiger partial charge in [0.15, 0.2) is 5.41 Å². The van der Waals surface area contributed by atoms with Gasteiger partial charge in [0.1, 0.15) is 0 Å². The molecule has 0 amide bonds. The van der Waals surface area contributed by atoms with E-state index in [0.29, 0.717) is 25.8 Å². The van der Waals surface area contributed by atoms with Gasteiger partial charge in [-0.05, 0) is 25.8 Å². The number of hydrogen-bond acceptors (Lipinski definition) is 4. The molecule has 1 unspecified atom stereocenters. The summed E-state index contributed by atoms with van der Waals surface area (Å²) in [6, 6.07) is 0. The molecule has 0 saturated heterocycles. The van der Waals surface area contributed by atoms with Crippen molar-refractivity contribution in [3.05, 3.63) is 0 Å². The molecule has 5 nitrogen and oxygen atoms in total. The smallest absolute Gasteiger partial charge is 0.323 e. The van der Waals surface area contributed by atoms with Gasteiger partial charge in [-0.3, -0.25) is 9.59 Å². The molecule has 0 aromatic heterocycles. The molecule has 0 rings (SSSR count). The van der Waals surface area contributed by atoms with Crippen molar-refractivity contribution in [1.29, 1.82) is 0 Å². The lowest BCUT2D eigenvalue weighted by Crippen LogP contribution is -2.40. The third-order valence-electron chi connectivity index (χ3n) is 3.25. The van der Waals surface area contributed by atoms with Crippen LogP contribution >= 0.6 is 0 Å². The molecule has 0 fully saturated rings. The highest BCUT2D eigenvalue weighted by atomic mass is 16.5. The van der Waals surface area contributed by atoms with E-state index in [-0.39, 0.29) is 0 Å². The van der Waals surface area contributed by atoms with Crippen LogP contribution in [0.25, 0.3) is 0 Å². The molecule has 0 aliphatic heterocycles. The minimum absolute atomic E-state index is 0.302. The Morgan fingerprint density at radius 1 is 1.17 bits per heavy atom. The van der Waals surface area contributed by atoms with Crippen molar-refractivity contribution in [3.8, 4) is 0 Å². The van der Waals surface area contributed by atoms with Gasteiger partial charge in [-0.2, -0.15) is 0 Å². The first-order chi connectivity index (χ1) is 8.55. The van der Waals surface area contributed by atoms with Gasteiger partial charge >= 0.3 is 11.9 Å². The SMILES string of the molecule is CCCCCC(CCCCN)(C(=O)O)C(=O)OC. The largest absolute Gasteiger partial charge is 0.480 e. The number of aliphatic carboxylic acids is 1. The van der Waals surface area contributed by atoms with Crippen molar-refractivity contribution in [1.82, 2.24) is 0 Å². The number of methoxy groups -OCH3 is 1. The number of rotatable bonds is 10. The highest BCUT2D eigenvalue weighted by molar-refractivity contribution is 5.99. The summed E-state index contributed by atoms with van der Waals surface area (Å²) in [5, 5.41) is 9.39. The number of nitrogens with two attached hydrogens (primary N) is 1. The zero-order valence-corrected chi connectivity index (χ0v) is 11.4. The molecule has 0 aromatic rings. The molecule has 0 aromatic carbocycles. The number of unbranched alkanes of at least 4 members (excludes halogenated alkanes) is 3. The molecule has 0 radical (unpaired) electrons. The van der Waals surface area contributed by atoms with Crippen LogP contribution in [-0.2, 0) is 14.3 Å². The molecule has 18 heavy (non-hydrogen) atoms. The standard InChI is InChI=1S/C13H25NO4/c1-3-4-5-8-13(11(15)16,12(17)18-2)9-6-7-10-14/h3-10,14H2,1-2H3,(H,15,16). The summed E-state index contributed by atoms with van der Waals surface area (Å²) in [6.07, 6.45) is 4.62. The maximum atomic E-state index is 11.8. The van der Waals surface area contributed by atoms with Gasteiger partial charge in [-0.25, -0.2) is 0 Å². The highest BCUT2D eigenvalue weighted by Gasteiger charge is 2.46. The van der Waals surface area contributed by atoms with Crippen LogP contribution < -0.4 is 5.73 Å². The van der Waals surface area contributed by atoms with Crippen molar-refractivity contribution in [2.45, 2.75) is 51.9 Å². The van der Waals surface area contributed by atoms with E-state index in [2.05, 4.69) is 4.74 Å². The van der Waals surface area contributed by atoms with Crippen LogP contribution in [0.15, 0.2) is 0 Å². The van der Waals surface area contributed by atoms with E-state index in [1.807, 2.05) is 6.92 Å². The Kier molecular flexibility index (Phi) is 8.37. The summed E-state index contributed by atoms with van der Waals surface area (Å²) in [6.45, 7) is 2.54.